The maximum Gasteiger partial charge on any atom is 0.244 e. The number of anilines is 1. The van der Waals surface area contributed by atoms with Crippen LogP contribution in [0.1, 0.15) is 0 Å². The minimum atomic E-state index is -0.593. The fourth-order valence-corrected chi connectivity index (χ4v) is 3.41. The molecule has 2 atom stereocenters. The predicted octanol–water partition coefficient (Wildman–Crippen LogP) is 1.52. The molecule has 1 saturated heterocycles. The lowest BCUT2D eigenvalue weighted by Gasteiger charge is -2.15. The summed E-state index contributed by atoms with van der Waals surface area (Å²) in [4.78, 5) is 13.2. The number of hydrogen-bond donors (Lipinski definition) is 2. The van der Waals surface area contributed by atoms with Crippen molar-refractivity contribution >= 4 is 22.5 Å². The zero-order valence-corrected chi connectivity index (χ0v) is 15.1. The Morgan fingerprint density at radius 1 is 1.18 bits per heavy atom. The van der Waals surface area contributed by atoms with Crippen LogP contribution in [0.3, 0.4) is 0 Å². The monoisotopic (exact) mass is 378 g/mol. The number of ether oxygens (including phenoxy) is 2. The average molecular weight is 378 g/mol. The molecule has 0 saturated carbocycles. The van der Waals surface area contributed by atoms with Gasteiger partial charge in [-0.2, -0.15) is 4.98 Å². The molecule has 0 amide bonds. The summed E-state index contributed by atoms with van der Waals surface area (Å²) in [6.45, 7) is 0.704. The van der Waals surface area contributed by atoms with E-state index in [9.17, 15) is 5.11 Å². The number of benzene rings is 1. The third-order valence-corrected chi connectivity index (χ3v) is 4.82. The van der Waals surface area contributed by atoms with Crippen molar-refractivity contribution in [3.8, 4) is 17.0 Å². The van der Waals surface area contributed by atoms with E-state index in [1.54, 1.807) is 24.0 Å². The maximum absolute atomic E-state index is 9.94. The molecule has 9 heteroatoms. The molecule has 28 heavy (non-hydrogen) atoms. The standard InChI is InChI=1S/C19H18N6O3/c1-27-18-17-12(11-2-3-13-14(8-11)21-6-5-20-13)4-7-25(17)24-19(23-18)22-15-9-28-10-16(15)26/h2-8,15-16,26H,9-10H2,1H3,(H,22,24)/t15-,16-/m1/s1. The highest BCUT2D eigenvalue weighted by atomic mass is 16.5. The molecule has 142 valence electrons. The molecular weight excluding hydrogens is 360 g/mol. The van der Waals surface area contributed by atoms with Gasteiger partial charge in [0.15, 0.2) is 0 Å². The molecular formula is C19H18N6O3. The molecule has 0 radical (unpaired) electrons. The summed E-state index contributed by atoms with van der Waals surface area (Å²) >= 11 is 0. The molecule has 0 unspecified atom stereocenters. The minimum absolute atomic E-state index is 0.253. The van der Waals surface area contributed by atoms with Gasteiger partial charge in [0.2, 0.25) is 11.8 Å². The second-order valence-electron chi connectivity index (χ2n) is 6.58. The van der Waals surface area contributed by atoms with Gasteiger partial charge in [-0.15, -0.1) is 5.10 Å². The van der Waals surface area contributed by atoms with Gasteiger partial charge in [-0.1, -0.05) is 6.07 Å². The maximum atomic E-state index is 9.94. The van der Waals surface area contributed by atoms with Crippen LogP contribution in [0.5, 0.6) is 5.88 Å². The van der Waals surface area contributed by atoms with Crippen molar-refractivity contribution in [3.05, 3.63) is 42.9 Å². The van der Waals surface area contributed by atoms with E-state index < -0.39 is 6.10 Å². The van der Waals surface area contributed by atoms with E-state index in [-0.39, 0.29) is 6.04 Å². The Kier molecular flexibility index (Phi) is 4.03. The lowest BCUT2D eigenvalue weighted by Crippen LogP contribution is -2.32. The van der Waals surface area contributed by atoms with Crippen LogP contribution in [0, 0.1) is 0 Å². The van der Waals surface area contributed by atoms with Crippen LogP contribution in [0.25, 0.3) is 27.7 Å². The predicted molar refractivity (Wildman–Crippen MR) is 102 cm³/mol. The smallest absolute Gasteiger partial charge is 0.244 e. The van der Waals surface area contributed by atoms with E-state index in [0.717, 1.165) is 27.7 Å². The molecule has 1 fully saturated rings. The van der Waals surface area contributed by atoms with Gasteiger partial charge >= 0.3 is 0 Å². The van der Waals surface area contributed by atoms with E-state index in [4.69, 9.17) is 9.47 Å². The first-order valence-corrected chi connectivity index (χ1v) is 8.90. The fraction of sp³-hybridized carbons (Fsp3) is 0.263. The van der Waals surface area contributed by atoms with Gasteiger partial charge in [-0.05, 0) is 23.8 Å². The Balaban J connectivity index is 1.58. The van der Waals surface area contributed by atoms with Crippen molar-refractivity contribution in [1.29, 1.82) is 0 Å². The highest BCUT2D eigenvalue weighted by Gasteiger charge is 2.27. The van der Waals surface area contributed by atoms with Gasteiger partial charge < -0.3 is 19.9 Å². The van der Waals surface area contributed by atoms with Crippen LogP contribution in [0.15, 0.2) is 42.9 Å². The van der Waals surface area contributed by atoms with Gasteiger partial charge in [-0.3, -0.25) is 9.97 Å². The topological polar surface area (TPSA) is 107 Å². The van der Waals surface area contributed by atoms with Crippen molar-refractivity contribution in [2.45, 2.75) is 12.1 Å². The van der Waals surface area contributed by atoms with E-state index in [0.29, 0.717) is 25.0 Å². The largest absolute Gasteiger partial charge is 0.479 e. The Hall–Kier alpha value is -3.30. The normalized spacial score (nSPS) is 19.4. The molecule has 5 rings (SSSR count). The third-order valence-electron chi connectivity index (χ3n) is 4.82. The van der Waals surface area contributed by atoms with Crippen LogP contribution in [-0.4, -0.2) is 62.1 Å². The number of methoxy groups -OCH3 is 1. The number of aromatic nitrogens is 5. The average Bonchev–Trinajstić information content (AvgIpc) is 3.33. The Bertz CT molecular complexity index is 1160. The van der Waals surface area contributed by atoms with Gasteiger partial charge in [0.05, 0.1) is 43.5 Å². The van der Waals surface area contributed by atoms with E-state index in [1.165, 1.54) is 0 Å². The summed E-state index contributed by atoms with van der Waals surface area (Å²) in [7, 11) is 1.57. The van der Waals surface area contributed by atoms with Gasteiger partial charge in [0, 0.05) is 24.2 Å². The van der Waals surface area contributed by atoms with E-state index in [1.807, 2.05) is 30.5 Å². The Labute approximate surface area is 160 Å². The molecule has 3 aromatic heterocycles. The summed E-state index contributed by atoms with van der Waals surface area (Å²) in [6.07, 6.45) is 4.60. The quantitative estimate of drug-likeness (QED) is 0.550. The summed E-state index contributed by atoms with van der Waals surface area (Å²) in [5, 5.41) is 17.6. The highest BCUT2D eigenvalue weighted by molar-refractivity contribution is 5.89. The molecule has 1 aliphatic rings. The molecule has 0 spiro atoms. The van der Waals surface area contributed by atoms with Crippen LogP contribution >= 0.6 is 0 Å². The second kappa shape index (κ2) is 6.70. The minimum Gasteiger partial charge on any atom is -0.479 e. The summed E-state index contributed by atoms with van der Waals surface area (Å²) < 4.78 is 12.5. The molecule has 1 aliphatic heterocycles. The zero-order chi connectivity index (χ0) is 19.1. The molecule has 4 heterocycles. The Morgan fingerprint density at radius 2 is 2.04 bits per heavy atom. The number of nitrogens with zero attached hydrogens (tertiary/aromatic N) is 5. The van der Waals surface area contributed by atoms with Crippen molar-refractivity contribution in [2.75, 3.05) is 25.6 Å². The number of aliphatic hydroxyl groups is 1. The first kappa shape index (κ1) is 16.8. The number of fused-ring (bicyclic) bond motifs is 2. The second-order valence-corrected chi connectivity index (χ2v) is 6.58. The number of hydrogen-bond acceptors (Lipinski definition) is 8. The third kappa shape index (κ3) is 2.81. The van der Waals surface area contributed by atoms with Gasteiger partial charge in [0.1, 0.15) is 5.52 Å². The summed E-state index contributed by atoms with van der Waals surface area (Å²) in [6, 6.07) is 7.61. The number of aliphatic hydroxyl groups excluding tert-OH is 1. The van der Waals surface area contributed by atoms with Gasteiger partial charge in [0.25, 0.3) is 0 Å². The highest BCUT2D eigenvalue weighted by Crippen LogP contribution is 2.32. The molecule has 4 aromatic rings. The number of rotatable bonds is 4. The lowest BCUT2D eigenvalue weighted by molar-refractivity contribution is 0.125. The lowest BCUT2D eigenvalue weighted by atomic mass is 10.1. The summed E-state index contributed by atoms with van der Waals surface area (Å²) in [5.74, 6) is 0.801. The first-order valence-electron chi connectivity index (χ1n) is 8.90. The van der Waals surface area contributed by atoms with Crippen molar-refractivity contribution in [2.24, 2.45) is 0 Å². The Morgan fingerprint density at radius 3 is 2.82 bits per heavy atom. The van der Waals surface area contributed by atoms with Crippen molar-refractivity contribution in [3.63, 3.8) is 0 Å². The first-order chi connectivity index (χ1) is 13.7. The molecule has 9 nitrogen and oxygen atoms in total. The van der Waals surface area contributed by atoms with Crippen LogP contribution in [-0.2, 0) is 4.74 Å². The zero-order valence-electron chi connectivity index (χ0n) is 15.1. The summed E-state index contributed by atoms with van der Waals surface area (Å²) in [5.41, 5.74) is 4.30. The van der Waals surface area contributed by atoms with E-state index in [2.05, 4.69) is 25.4 Å². The van der Waals surface area contributed by atoms with Gasteiger partial charge in [-0.25, -0.2) is 4.52 Å². The number of nitrogens with one attached hydrogen (secondary N) is 1. The van der Waals surface area contributed by atoms with Crippen molar-refractivity contribution < 1.29 is 14.6 Å². The fourth-order valence-electron chi connectivity index (χ4n) is 3.41. The van der Waals surface area contributed by atoms with Crippen LogP contribution < -0.4 is 10.1 Å². The van der Waals surface area contributed by atoms with E-state index >= 15 is 0 Å². The van der Waals surface area contributed by atoms with Crippen LogP contribution in [0.2, 0.25) is 0 Å². The molecule has 0 bridgehead atoms. The molecule has 0 aliphatic carbocycles. The van der Waals surface area contributed by atoms with Crippen LogP contribution in [0.4, 0.5) is 5.95 Å². The van der Waals surface area contributed by atoms with Crippen molar-refractivity contribution in [1.82, 2.24) is 24.6 Å². The molecule has 1 aromatic carbocycles. The molecule has 2 N–H and O–H groups in total. The SMILES string of the molecule is COc1nc(N[C@@H]2COC[C@H]2O)nn2ccc(-c3ccc4nccnc4c3)c12.